The summed E-state index contributed by atoms with van der Waals surface area (Å²) >= 11 is 0. The first kappa shape index (κ1) is 23.8. The molecule has 0 aromatic heterocycles. The van der Waals surface area contributed by atoms with Crippen LogP contribution >= 0.6 is 10.6 Å². The van der Waals surface area contributed by atoms with Crippen LogP contribution in [0.1, 0.15) is 15.9 Å². The van der Waals surface area contributed by atoms with Gasteiger partial charge in [0.15, 0.2) is 0 Å². The van der Waals surface area contributed by atoms with Gasteiger partial charge in [0.05, 0.1) is 30.7 Å². The molecule has 1 aliphatic heterocycles. The van der Waals surface area contributed by atoms with E-state index in [2.05, 4.69) is 0 Å². The van der Waals surface area contributed by atoms with Crippen molar-refractivity contribution >= 4 is 28.3 Å². The Morgan fingerprint density at radius 1 is 0.882 bits per heavy atom. The molecule has 3 aromatic carbocycles. The second-order valence-corrected chi connectivity index (χ2v) is 10.6. The molecular weight excluding hydrogens is 452 g/mol. The summed E-state index contributed by atoms with van der Waals surface area (Å²) < 4.78 is 24.6. The topological polar surface area (TPSA) is 90.3 Å². The van der Waals surface area contributed by atoms with Crippen molar-refractivity contribution < 1.29 is 23.4 Å². The third-order valence-electron chi connectivity index (χ3n) is 5.88. The Balaban J connectivity index is 1.60. The highest BCUT2D eigenvalue weighted by Gasteiger charge is 2.29. The van der Waals surface area contributed by atoms with E-state index in [-0.39, 0.29) is 17.5 Å². The summed E-state index contributed by atoms with van der Waals surface area (Å²) in [6.45, 7) is 0.889. The van der Waals surface area contributed by atoms with Crippen molar-refractivity contribution in [1.82, 2.24) is 4.90 Å². The maximum absolute atomic E-state index is 13.5. The van der Waals surface area contributed by atoms with Gasteiger partial charge in [-0.3, -0.25) is 14.0 Å². The lowest BCUT2D eigenvalue weighted by Crippen LogP contribution is -2.48. The molecule has 0 bridgehead atoms. The molecule has 1 fully saturated rings. The van der Waals surface area contributed by atoms with Gasteiger partial charge in [0, 0.05) is 18.8 Å². The molecule has 0 aliphatic carbocycles. The van der Waals surface area contributed by atoms with Crippen molar-refractivity contribution in [2.24, 2.45) is 0 Å². The quantitative estimate of drug-likeness (QED) is 0.482. The van der Waals surface area contributed by atoms with Gasteiger partial charge in [0.25, 0.3) is 0 Å². The first-order chi connectivity index (χ1) is 16.4. The number of methoxy groups -OCH3 is 1. The zero-order valence-corrected chi connectivity index (χ0v) is 19.8. The molecule has 8 heteroatoms. The molecule has 0 atom stereocenters. The van der Waals surface area contributed by atoms with E-state index in [1.165, 1.54) is 7.11 Å². The fourth-order valence-electron chi connectivity index (χ4n) is 3.87. The van der Waals surface area contributed by atoms with Crippen LogP contribution in [0.5, 0.6) is 0 Å². The fraction of sp³-hybridized carbons (Fsp3) is 0.231. The van der Waals surface area contributed by atoms with Crippen molar-refractivity contribution in [3.05, 3.63) is 90.0 Å². The minimum Gasteiger partial charge on any atom is -0.465 e. The highest BCUT2D eigenvalue weighted by Crippen LogP contribution is 2.40. The number of hydrogen-bond acceptors (Lipinski definition) is 5. The van der Waals surface area contributed by atoms with E-state index in [1.54, 1.807) is 34.1 Å². The average molecular weight is 481 g/mol. The Kier molecular flexibility index (Phi) is 7.21. The number of hydrogen-bond donors (Lipinski definition) is 2. The Morgan fingerprint density at radius 3 is 2.06 bits per heavy atom. The molecule has 1 heterocycles. The maximum Gasteiger partial charge on any atom is 0.337 e. The van der Waals surface area contributed by atoms with E-state index in [4.69, 9.17) is 4.74 Å². The van der Waals surface area contributed by atoms with Crippen LogP contribution in [0, 0.1) is 0 Å². The largest absolute Gasteiger partial charge is 0.465 e. The number of ether oxygens (including phenoxy) is 1. The number of anilines is 1. The second-order valence-electron chi connectivity index (χ2n) is 8.17. The van der Waals surface area contributed by atoms with Crippen LogP contribution in [0.15, 0.2) is 78.9 Å². The Bertz CT molecular complexity index is 1120. The minimum absolute atomic E-state index is 0.188. The van der Waals surface area contributed by atoms with Gasteiger partial charge in [-0.1, -0.05) is 54.6 Å². The van der Waals surface area contributed by atoms with Crippen LogP contribution in [0.2, 0.25) is 0 Å². The van der Waals surface area contributed by atoms with E-state index in [9.17, 15) is 18.7 Å². The molecule has 1 saturated heterocycles. The van der Waals surface area contributed by atoms with Crippen molar-refractivity contribution in [3.63, 3.8) is 0 Å². The molecular formula is C26H28N2O5S. The van der Waals surface area contributed by atoms with Crippen LogP contribution in [0.3, 0.4) is 0 Å². The first-order valence-corrected chi connectivity index (χ1v) is 12.9. The van der Waals surface area contributed by atoms with Crippen molar-refractivity contribution in [2.75, 3.05) is 36.6 Å². The second kappa shape index (κ2) is 10.3. The summed E-state index contributed by atoms with van der Waals surface area (Å²) in [6, 6.07) is 24.6. The smallest absolute Gasteiger partial charge is 0.337 e. The van der Waals surface area contributed by atoms with Gasteiger partial charge in [0.2, 0.25) is 0 Å². The molecule has 0 unspecified atom stereocenters. The summed E-state index contributed by atoms with van der Waals surface area (Å²) in [4.78, 5) is 28.6. The molecule has 0 saturated carbocycles. The van der Waals surface area contributed by atoms with Gasteiger partial charge < -0.3 is 9.64 Å². The number of rotatable bonds is 5. The zero-order chi connectivity index (χ0) is 24.1. The molecule has 2 amide bonds. The lowest BCUT2D eigenvalue weighted by Gasteiger charge is -2.42. The van der Waals surface area contributed by atoms with Crippen molar-refractivity contribution in [2.45, 2.75) is 6.54 Å². The van der Waals surface area contributed by atoms with Crippen LogP contribution in [0.25, 0.3) is 11.1 Å². The molecule has 0 radical (unpaired) electrons. The van der Waals surface area contributed by atoms with E-state index in [1.807, 2.05) is 54.6 Å². The van der Waals surface area contributed by atoms with E-state index < -0.39 is 16.6 Å². The summed E-state index contributed by atoms with van der Waals surface area (Å²) in [5.74, 6) is -0.0379. The van der Waals surface area contributed by atoms with Crippen molar-refractivity contribution in [1.29, 1.82) is 0 Å². The molecule has 2 N–H and O–H groups in total. The normalized spacial score (nSPS) is 15.9. The van der Waals surface area contributed by atoms with Gasteiger partial charge in [-0.25, -0.2) is 9.59 Å². The summed E-state index contributed by atoms with van der Waals surface area (Å²) in [5, 5.41) is 0. The lowest BCUT2D eigenvalue weighted by molar-refractivity contribution is 0.0600. The number of nitrogens with zero attached hydrogens (tertiary/aromatic N) is 2. The Labute approximate surface area is 200 Å². The van der Waals surface area contributed by atoms with Crippen LogP contribution < -0.4 is 4.90 Å². The number of carbonyl (C=O) groups is 2. The van der Waals surface area contributed by atoms with Gasteiger partial charge in [-0.15, -0.1) is 0 Å². The maximum atomic E-state index is 13.5. The standard InChI is InChI=1S/C26H28N2O5S/c1-33-25(29)23-9-7-20(8-10-23)19-28(26(30)27-15-17-34(31,32)18-16-27)24-13-11-22(12-14-24)21-5-3-2-4-6-21/h2-14,31-32H,15-19H2,1H3. The minimum atomic E-state index is -2.61. The predicted molar refractivity (Wildman–Crippen MR) is 135 cm³/mol. The third kappa shape index (κ3) is 5.59. The number of esters is 1. The molecule has 1 aliphatic rings. The molecule has 4 rings (SSSR count). The summed E-state index contributed by atoms with van der Waals surface area (Å²) in [6.07, 6.45) is 0. The van der Waals surface area contributed by atoms with Crippen molar-refractivity contribution in [3.8, 4) is 11.1 Å². The molecule has 0 spiro atoms. The highest BCUT2D eigenvalue weighted by atomic mass is 32.3. The van der Waals surface area contributed by atoms with Gasteiger partial charge in [-0.05, 0) is 41.0 Å². The SMILES string of the molecule is COC(=O)c1ccc(CN(C(=O)N2CCS(O)(O)CC2)c2ccc(-c3ccccc3)cc2)cc1. The lowest BCUT2D eigenvalue weighted by atomic mass is 10.1. The number of benzene rings is 3. The van der Waals surface area contributed by atoms with E-state index in [0.717, 1.165) is 22.4 Å². The monoisotopic (exact) mass is 480 g/mol. The summed E-state index contributed by atoms with van der Waals surface area (Å²) in [7, 11) is -1.27. The summed E-state index contributed by atoms with van der Waals surface area (Å²) in [5.41, 5.74) is 4.17. The first-order valence-electron chi connectivity index (χ1n) is 11.0. The molecule has 178 valence electrons. The fourth-order valence-corrected chi connectivity index (χ4v) is 5.10. The van der Waals surface area contributed by atoms with Gasteiger partial charge in [-0.2, -0.15) is 10.6 Å². The number of carbonyl (C=O) groups excluding carboxylic acids is 2. The molecule has 34 heavy (non-hydrogen) atoms. The van der Waals surface area contributed by atoms with E-state index >= 15 is 0 Å². The number of amides is 2. The van der Waals surface area contributed by atoms with Crippen LogP contribution in [-0.4, -0.2) is 57.7 Å². The average Bonchev–Trinajstić information content (AvgIpc) is 2.87. The van der Waals surface area contributed by atoms with Gasteiger partial charge in [0.1, 0.15) is 0 Å². The van der Waals surface area contributed by atoms with Crippen LogP contribution in [0.4, 0.5) is 10.5 Å². The van der Waals surface area contributed by atoms with Gasteiger partial charge >= 0.3 is 12.0 Å². The molecule has 7 nitrogen and oxygen atoms in total. The Morgan fingerprint density at radius 2 is 1.47 bits per heavy atom. The Hall–Kier alpha value is -3.33. The zero-order valence-electron chi connectivity index (χ0n) is 19.0. The van der Waals surface area contributed by atoms with Crippen LogP contribution in [-0.2, 0) is 11.3 Å². The predicted octanol–water partition coefficient (Wildman–Crippen LogP) is 5.33. The highest BCUT2D eigenvalue weighted by molar-refractivity contribution is 8.24. The van der Waals surface area contributed by atoms with E-state index in [0.29, 0.717) is 25.2 Å². The molecule has 3 aromatic rings. The third-order valence-corrected chi connectivity index (χ3v) is 7.55. The number of urea groups is 1.